The van der Waals surface area contributed by atoms with Gasteiger partial charge in [-0.05, 0) is 5.92 Å². The van der Waals surface area contributed by atoms with Crippen LogP contribution in [0.15, 0.2) is 6.07 Å². The van der Waals surface area contributed by atoms with Gasteiger partial charge in [-0.15, -0.1) is 0 Å². The molecule has 1 aromatic heterocycles. The van der Waals surface area contributed by atoms with Crippen LogP contribution in [0, 0.1) is 11.9 Å². The molecule has 0 aliphatic heterocycles. The maximum atomic E-state index is 13.0. The van der Waals surface area contributed by atoms with E-state index < -0.39 is 23.9 Å². The lowest BCUT2D eigenvalue weighted by atomic mass is 10.0. The first-order valence-corrected chi connectivity index (χ1v) is 5.06. The number of aliphatic carboxylic acids is 1. The lowest BCUT2D eigenvalue weighted by molar-refractivity contribution is -0.140. The van der Waals surface area contributed by atoms with Crippen LogP contribution in [-0.4, -0.2) is 32.8 Å². The molecule has 1 heterocycles. The Labute approximate surface area is 97.4 Å². The molecule has 0 aromatic carbocycles. The molecule has 17 heavy (non-hydrogen) atoms. The fraction of sp³-hybridized carbons (Fsp3) is 0.500. The van der Waals surface area contributed by atoms with E-state index >= 15 is 0 Å². The van der Waals surface area contributed by atoms with Crippen LogP contribution in [0.25, 0.3) is 0 Å². The van der Waals surface area contributed by atoms with Crippen molar-refractivity contribution in [3.8, 4) is 0 Å². The fourth-order valence-corrected chi connectivity index (χ4v) is 1.28. The Kier molecular flexibility index (Phi) is 3.82. The molecular weight excluding hydrogens is 229 g/mol. The Morgan fingerprint density at radius 3 is 2.47 bits per heavy atom. The minimum Gasteiger partial charge on any atom is -0.480 e. The number of rotatable bonds is 4. The van der Waals surface area contributed by atoms with Crippen LogP contribution in [0.2, 0.25) is 0 Å². The number of aryl methyl sites for hydroxylation is 1. The monoisotopic (exact) mass is 243 g/mol. The number of hydrogen-bond donors (Lipinski definition) is 2. The lowest BCUT2D eigenvalue weighted by Crippen LogP contribution is -2.44. The number of halogens is 1. The normalized spacial score (nSPS) is 12.5. The van der Waals surface area contributed by atoms with Gasteiger partial charge < -0.3 is 10.4 Å². The van der Waals surface area contributed by atoms with E-state index in [1.807, 2.05) is 0 Å². The van der Waals surface area contributed by atoms with Gasteiger partial charge in [-0.3, -0.25) is 4.79 Å². The van der Waals surface area contributed by atoms with Crippen LogP contribution < -0.4 is 5.32 Å². The molecule has 0 aliphatic carbocycles. The second kappa shape index (κ2) is 4.94. The quantitative estimate of drug-likeness (QED) is 0.801. The summed E-state index contributed by atoms with van der Waals surface area (Å²) in [6.07, 6.45) is 0. The van der Waals surface area contributed by atoms with Crippen molar-refractivity contribution in [2.75, 3.05) is 0 Å². The molecule has 94 valence electrons. The molecule has 6 nitrogen and oxygen atoms in total. The van der Waals surface area contributed by atoms with E-state index in [1.165, 1.54) is 7.05 Å². The van der Waals surface area contributed by atoms with Crippen molar-refractivity contribution < 1.29 is 19.1 Å². The maximum Gasteiger partial charge on any atom is 0.326 e. The molecule has 0 aliphatic rings. The second-order valence-electron chi connectivity index (χ2n) is 4.01. The predicted octanol–water partition coefficient (Wildman–Crippen LogP) is 0.398. The highest BCUT2D eigenvalue weighted by Gasteiger charge is 2.25. The van der Waals surface area contributed by atoms with Gasteiger partial charge in [0.2, 0.25) is 5.95 Å². The van der Waals surface area contributed by atoms with E-state index in [-0.39, 0.29) is 11.6 Å². The van der Waals surface area contributed by atoms with Crippen molar-refractivity contribution in [1.29, 1.82) is 0 Å². The Hall–Kier alpha value is -1.92. The van der Waals surface area contributed by atoms with Crippen molar-refractivity contribution in [3.63, 3.8) is 0 Å². The van der Waals surface area contributed by atoms with Gasteiger partial charge in [0.05, 0.1) is 0 Å². The van der Waals surface area contributed by atoms with Gasteiger partial charge in [0, 0.05) is 13.1 Å². The molecule has 1 atom stereocenters. The number of nitrogens with one attached hydrogen (secondary N) is 1. The van der Waals surface area contributed by atoms with Crippen LogP contribution in [-0.2, 0) is 11.8 Å². The molecule has 0 bridgehead atoms. The van der Waals surface area contributed by atoms with E-state index in [9.17, 15) is 14.0 Å². The number of hydrogen-bond acceptors (Lipinski definition) is 3. The average molecular weight is 243 g/mol. The number of amides is 1. The van der Waals surface area contributed by atoms with Crippen molar-refractivity contribution >= 4 is 11.9 Å². The molecular formula is C10H14FN3O3. The van der Waals surface area contributed by atoms with Crippen LogP contribution in [0.3, 0.4) is 0 Å². The van der Waals surface area contributed by atoms with E-state index in [0.717, 1.165) is 10.7 Å². The molecule has 0 spiro atoms. The SMILES string of the molecule is CC(C)C(NC(=O)c1cc(F)n(C)n1)C(=O)O. The van der Waals surface area contributed by atoms with E-state index in [0.29, 0.717) is 0 Å². The molecule has 1 unspecified atom stereocenters. The molecule has 1 amide bonds. The first-order valence-electron chi connectivity index (χ1n) is 5.06. The van der Waals surface area contributed by atoms with E-state index in [2.05, 4.69) is 10.4 Å². The molecule has 0 fully saturated rings. The number of nitrogens with zero attached hydrogens (tertiary/aromatic N) is 2. The third-order valence-electron chi connectivity index (χ3n) is 2.27. The fourth-order valence-electron chi connectivity index (χ4n) is 1.28. The topological polar surface area (TPSA) is 84.2 Å². The van der Waals surface area contributed by atoms with E-state index in [4.69, 9.17) is 5.11 Å². The third kappa shape index (κ3) is 3.02. The lowest BCUT2D eigenvalue weighted by Gasteiger charge is -2.16. The Balaban J connectivity index is 2.81. The number of carbonyl (C=O) groups is 2. The summed E-state index contributed by atoms with van der Waals surface area (Å²) in [5.41, 5.74) is -0.142. The molecule has 1 rings (SSSR count). The van der Waals surface area contributed by atoms with Gasteiger partial charge in [-0.1, -0.05) is 13.8 Å². The Morgan fingerprint density at radius 2 is 2.12 bits per heavy atom. The van der Waals surface area contributed by atoms with Crippen LogP contribution >= 0.6 is 0 Å². The zero-order valence-corrected chi connectivity index (χ0v) is 9.77. The summed E-state index contributed by atoms with van der Waals surface area (Å²) in [6, 6.07) is -0.0678. The van der Waals surface area contributed by atoms with Crippen molar-refractivity contribution in [1.82, 2.24) is 15.1 Å². The van der Waals surface area contributed by atoms with Crippen LogP contribution in [0.5, 0.6) is 0 Å². The maximum absolute atomic E-state index is 13.0. The van der Waals surface area contributed by atoms with E-state index in [1.54, 1.807) is 13.8 Å². The van der Waals surface area contributed by atoms with Gasteiger partial charge in [-0.2, -0.15) is 9.49 Å². The molecule has 0 saturated carbocycles. The third-order valence-corrected chi connectivity index (χ3v) is 2.27. The van der Waals surface area contributed by atoms with Crippen molar-refractivity contribution in [2.45, 2.75) is 19.9 Å². The Morgan fingerprint density at radius 1 is 1.53 bits per heavy atom. The highest BCUT2D eigenvalue weighted by Crippen LogP contribution is 2.05. The van der Waals surface area contributed by atoms with Crippen LogP contribution in [0.1, 0.15) is 24.3 Å². The minimum absolute atomic E-state index is 0.142. The van der Waals surface area contributed by atoms with Gasteiger partial charge in [-0.25, -0.2) is 9.48 Å². The number of aromatic nitrogens is 2. The highest BCUT2D eigenvalue weighted by molar-refractivity contribution is 5.94. The van der Waals surface area contributed by atoms with Crippen molar-refractivity contribution in [2.24, 2.45) is 13.0 Å². The zero-order chi connectivity index (χ0) is 13.2. The van der Waals surface area contributed by atoms with Gasteiger partial charge in [0.25, 0.3) is 5.91 Å². The molecule has 2 N–H and O–H groups in total. The number of carboxylic acids is 1. The first kappa shape index (κ1) is 13.1. The Bertz CT molecular complexity index is 423. The summed E-state index contributed by atoms with van der Waals surface area (Å²) >= 11 is 0. The van der Waals surface area contributed by atoms with Crippen LogP contribution in [0.4, 0.5) is 4.39 Å². The first-order chi connectivity index (χ1) is 7.82. The van der Waals surface area contributed by atoms with Gasteiger partial charge >= 0.3 is 5.97 Å². The van der Waals surface area contributed by atoms with Gasteiger partial charge in [0.1, 0.15) is 6.04 Å². The molecule has 0 radical (unpaired) electrons. The van der Waals surface area contributed by atoms with Crippen molar-refractivity contribution in [3.05, 3.63) is 17.7 Å². The minimum atomic E-state index is -1.13. The second-order valence-corrected chi connectivity index (χ2v) is 4.01. The largest absolute Gasteiger partial charge is 0.480 e. The summed E-state index contributed by atoms with van der Waals surface area (Å²) in [5.74, 6) is -2.77. The summed E-state index contributed by atoms with van der Waals surface area (Å²) in [5, 5.41) is 14.8. The molecule has 7 heteroatoms. The highest BCUT2D eigenvalue weighted by atomic mass is 19.1. The summed E-state index contributed by atoms with van der Waals surface area (Å²) < 4.78 is 13.9. The smallest absolute Gasteiger partial charge is 0.326 e. The number of carboxylic acid groups (broad SMARTS) is 1. The summed E-state index contributed by atoms with van der Waals surface area (Å²) in [7, 11) is 1.35. The molecule has 0 saturated heterocycles. The molecule has 1 aromatic rings. The standard InChI is InChI=1S/C10H14FN3O3/c1-5(2)8(10(16)17)12-9(15)6-4-7(11)14(3)13-6/h4-5,8H,1-3H3,(H,12,15)(H,16,17). The zero-order valence-electron chi connectivity index (χ0n) is 9.77. The summed E-state index contributed by atoms with van der Waals surface area (Å²) in [4.78, 5) is 22.5. The number of carbonyl (C=O) groups excluding carboxylic acids is 1. The summed E-state index contributed by atoms with van der Waals surface area (Å²) in [6.45, 7) is 3.33. The average Bonchev–Trinajstić information content (AvgIpc) is 2.54. The van der Waals surface area contributed by atoms with Gasteiger partial charge in [0.15, 0.2) is 5.69 Å². The predicted molar refractivity (Wildman–Crippen MR) is 56.9 cm³/mol.